The normalized spacial score (nSPS) is 14.1. The first-order valence-corrected chi connectivity index (χ1v) is 10.4. The Hall–Kier alpha value is -3.08. The number of amides is 1. The second kappa shape index (κ2) is 8.95. The maximum absolute atomic E-state index is 12.6. The monoisotopic (exact) mass is 389 g/mol. The molecule has 1 heterocycles. The number of carbonyl (C=O) groups excluding carboxylic acids is 1. The van der Waals surface area contributed by atoms with Crippen molar-refractivity contribution in [3.05, 3.63) is 77.9 Å². The summed E-state index contributed by atoms with van der Waals surface area (Å²) >= 11 is 0. The van der Waals surface area contributed by atoms with Gasteiger partial charge in [-0.2, -0.15) is 0 Å². The van der Waals surface area contributed by atoms with Crippen LogP contribution in [0.25, 0.3) is 5.69 Å². The maximum Gasteiger partial charge on any atom is 0.261 e. The molecule has 0 saturated carbocycles. The van der Waals surface area contributed by atoms with E-state index in [-0.39, 0.29) is 5.91 Å². The van der Waals surface area contributed by atoms with Crippen molar-refractivity contribution in [2.45, 2.75) is 51.7 Å². The second-order valence-corrected chi connectivity index (χ2v) is 7.51. The lowest BCUT2D eigenvalue weighted by Crippen LogP contribution is -2.37. The molecule has 5 nitrogen and oxygen atoms in total. The van der Waals surface area contributed by atoms with Crippen molar-refractivity contribution in [1.29, 1.82) is 0 Å². The van der Waals surface area contributed by atoms with Gasteiger partial charge >= 0.3 is 0 Å². The summed E-state index contributed by atoms with van der Waals surface area (Å²) < 4.78 is 7.97. The minimum Gasteiger partial charge on any atom is -0.481 e. The molecular weight excluding hydrogens is 362 g/mol. The molecule has 1 N–H and O–H groups in total. The van der Waals surface area contributed by atoms with Gasteiger partial charge in [0, 0.05) is 24.6 Å². The number of aryl methyl sites for hydroxylation is 2. The van der Waals surface area contributed by atoms with Gasteiger partial charge in [0.15, 0.2) is 6.10 Å². The van der Waals surface area contributed by atoms with E-state index in [0.29, 0.717) is 13.0 Å². The highest BCUT2D eigenvalue weighted by molar-refractivity contribution is 5.81. The summed E-state index contributed by atoms with van der Waals surface area (Å²) in [5, 5.41) is 3.00. The summed E-state index contributed by atoms with van der Waals surface area (Å²) in [6.45, 7) is 2.45. The Labute approximate surface area is 171 Å². The van der Waals surface area contributed by atoms with E-state index in [9.17, 15) is 4.79 Å². The van der Waals surface area contributed by atoms with Crippen LogP contribution in [-0.2, 0) is 24.2 Å². The highest BCUT2D eigenvalue weighted by atomic mass is 16.5. The number of nitrogens with one attached hydrogen (secondary N) is 1. The number of imidazole rings is 1. The Morgan fingerprint density at radius 2 is 1.93 bits per heavy atom. The molecule has 0 radical (unpaired) electrons. The molecule has 0 unspecified atom stereocenters. The molecule has 1 aliphatic rings. The van der Waals surface area contributed by atoms with Crippen molar-refractivity contribution >= 4 is 5.91 Å². The van der Waals surface area contributed by atoms with Gasteiger partial charge in [-0.1, -0.05) is 25.1 Å². The molecule has 29 heavy (non-hydrogen) atoms. The zero-order valence-corrected chi connectivity index (χ0v) is 16.8. The number of hydrogen-bond acceptors (Lipinski definition) is 3. The average Bonchev–Trinajstić information content (AvgIpc) is 3.31. The van der Waals surface area contributed by atoms with Crippen molar-refractivity contribution in [1.82, 2.24) is 14.9 Å². The average molecular weight is 389 g/mol. The molecule has 5 heteroatoms. The number of benzene rings is 2. The zero-order chi connectivity index (χ0) is 20.1. The van der Waals surface area contributed by atoms with Crippen LogP contribution in [0.5, 0.6) is 5.75 Å². The lowest BCUT2D eigenvalue weighted by molar-refractivity contribution is -0.128. The summed E-state index contributed by atoms with van der Waals surface area (Å²) in [7, 11) is 0. The number of carbonyl (C=O) groups is 1. The third-order valence-corrected chi connectivity index (χ3v) is 5.47. The molecule has 2 aromatic carbocycles. The van der Waals surface area contributed by atoms with Crippen LogP contribution < -0.4 is 10.1 Å². The summed E-state index contributed by atoms with van der Waals surface area (Å²) in [6.07, 6.45) is 10.3. The largest absolute Gasteiger partial charge is 0.481 e. The van der Waals surface area contributed by atoms with Gasteiger partial charge in [-0.3, -0.25) is 4.79 Å². The number of ether oxygens (including phenoxy) is 1. The van der Waals surface area contributed by atoms with Gasteiger partial charge in [0.2, 0.25) is 0 Å². The summed E-state index contributed by atoms with van der Waals surface area (Å²) in [5.74, 6) is 0.709. The first kappa shape index (κ1) is 19.2. The summed E-state index contributed by atoms with van der Waals surface area (Å²) in [4.78, 5) is 16.7. The Kier molecular flexibility index (Phi) is 5.94. The molecule has 0 saturated heterocycles. The van der Waals surface area contributed by atoms with Gasteiger partial charge < -0.3 is 14.6 Å². The molecule has 0 spiro atoms. The SMILES string of the molecule is CC[C@@H](Oc1ccc2c(c1)CCCC2)C(=O)NCc1ccc(-n2ccnc2)cc1. The molecule has 1 atom stereocenters. The van der Waals surface area contributed by atoms with Crippen LogP contribution in [0.15, 0.2) is 61.2 Å². The van der Waals surface area contributed by atoms with E-state index in [1.54, 1.807) is 12.5 Å². The van der Waals surface area contributed by atoms with Crippen LogP contribution in [0.4, 0.5) is 0 Å². The lowest BCUT2D eigenvalue weighted by atomic mass is 9.92. The second-order valence-electron chi connectivity index (χ2n) is 7.51. The minimum atomic E-state index is -0.484. The molecule has 1 aromatic heterocycles. The van der Waals surface area contributed by atoms with Gasteiger partial charge in [-0.25, -0.2) is 4.98 Å². The molecule has 0 bridgehead atoms. The van der Waals surface area contributed by atoms with E-state index in [2.05, 4.69) is 22.4 Å². The Morgan fingerprint density at radius 3 is 2.66 bits per heavy atom. The molecule has 1 aliphatic carbocycles. The third kappa shape index (κ3) is 4.67. The van der Waals surface area contributed by atoms with Gasteiger partial charge in [0.05, 0.1) is 6.33 Å². The van der Waals surface area contributed by atoms with Gasteiger partial charge in [0.25, 0.3) is 5.91 Å². The van der Waals surface area contributed by atoms with Gasteiger partial charge in [0.1, 0.15) is 5.75 Å². The van der Waals surface area contributed by atoms with E-state index >= 15 is 0 Å². The third-order valence-electron chi connectivity index (χ3n) is 5.47. The number of fused-ring (bicyclic) bond motifs is 1. The fraction of sp³-hybridized carbons (Fsp3) is 0.333. The predicted octanol–water partition coefficient (Wildman–Crippen LogP) is 4.22. The van der Waals surface area contributed by atoms with Crippen molar-refractivity contribution in [2.24, 2.45) is 0 Å². The smallest absolute Gasteiger partial charge is 0.261 e. The molecule has 0 fully saturated rings. The van der Waals surface area contributed by atoms with Gasteiger partial charge in [-0.05, 0) is 73.1 Å². The molecule has 0 aliphatic heterocycles. The van der Waals surface area contributed by atoms with E-state index in [4.69, 9.17) is 4.74 Å². The van der Waals surface area contributed by atoms with Crippen LogP contribution in [0, 0.1) is 0 Å². The van der Waals surface area contributed by atoms with E-state index in [1.165, 1.54) is 24.0 Å². The van der Waals surface area contributed by atoms with Crippen LogP contribution in [-0.4, -0.2) is 21.6 Å². The Bertz CT molecular complexity index is 949. The first-order valence-electron chi connectivity index (χ1n) is 10.4. The summed E-state index contributed by atoms with van der Waals surface area (Å²) in [6, 6.07) is 14.3. The zero-order valence-electron chi connectivity index (χ0n) is 16.8. The van der Waals surface area contributed by atoms with Crippen LogP contribution in [0.2, 0.25) is 0 Å². The molecule has 150 valence electrons. The predicted molar refractivity (Wildman–Crippen MR) is 113 cm³/mol. The van der Waals surface area contributed by atoms with E-state index < -0.39 is 6.10 Å². The fourth-order valence-corrected chi connectivity index (χ4v) is 3.77. The Morgan fingerprint density at radius 1 is 1.14 bits per heavy atom. The number of aromatic nitrogens is 2. The van der Waals surface area contributed by atoms with Crippen molar-refractivity contribution in [3.8, 4) is 11.4 Å². The minimum absolute atomic E-state index is 0.0797. The molecule has 3 aromatic rings. The first-order chi connectivity index (χ1) is 14.2. The lowest BCUT2D eigenvalue weighted by Gasteiger charge is -2.20. The molecule has 4 rings (SSSR count). The summed E-state index contributed by atoms with van der Waals surface area (Å²) in [5.41, 5.74) is 4.87. The number of nitrogens with zero attached hydrogens (tertiary/aromatic N) is 2. The quantitative estimate of drug-likeness (QED) is 0.658. The standard InChI is InChI=1S/C24H27N3O2/c1-2-23(29-22-12-9-19-5-3-4-6-20(19)15-22)24(28)26-16-18-7-10-21(11-8-18)27-14-13-25-17-27/h7-15,17,23H,2-6,16H2,1H3,(H,26,28)/t23-/m1/s1. The van der Waals surface area contributed by atoms with Crippen LogP contribution in [0.1, 0.15) is 42.9 Å². The van der Waals surface area contributed by atoms with Crippen molar-refractivity contribution in [3.63, 3.8) is 0 Å². The maximum atomic E-state index is 12.6. The van der Waals surface area contributed by atoms with Crippen LogP contribution in [0.3, 0.4) is 0 Å². The highest BCUT2D eigenvalue weighted by Gasteiger charge is 2.19. The van der Waals surface area contributed by atoms with Gasteiger partial charge in [-0.15, -0.1) is 0 Å². The number of rotatable bonds is 7. The fourth-order valence-electron chi connectivity index (χ4n) is 3.77. The van der Waals surface area contributed by atoms with Crippen molar-refractivity contribution < 1.29 is 9.53 Å². The topological polar surface area (TPSA) is 56.1 Å². The van der Waals surface area contributed by atoms with E-state index in [0.717, 1.165) is 29.8 Å². The van der Waals surface area contributed by atoms with E-state index in [1.807, 2.05) is 48.0 Å². The molecular formula is C24H27N3O2. The van der Waals surface area contributed by atoms with Crippen LogP contribution >= 0.6 is 0 Å². The molecule has 1 amide bonds. The Balaban J connectivity index is 1.34. The highest BCUT2D eigenvalue weighted by Crippen LogP contribution is 2.26. The number of hydrogen-bond donors (Lipinski definition) is 1. The van der Waals surface area contributed by atoms with Crippen molar-refractivity contribution in [2.75, 3.05) is 0 Å².